The normalized spacial score (nSPS) is 21.6. The van der Waals surface area contributed by atoms with Crippen molar-refractivity contribution in [3.05, 3.63) is 184 Å². The number of nitrogens with zero attached hydrogens (tertiary/aromatic N) is 6. The van der Waals surface area contributed by atoms with Crippen LogP contribution in [0.1, 0.15) is 35.6 Å². The van der Waals surface area contributed by atoms with Gasteiger partial charge in [-0.25, -0.2) is 27.5 Å². The fraction of sp³-hybridized carbons (Fsp3) is 0.200. The highest BCUT2D eigenvalue weighted by molar-refractivity contribution is 7.81. The number of fused-ring (bicyclic) bond motifs is 1. The SMILES string of the molecule is Cc1nc([C@@H]2O[C@@H]3CO[C@H](c4ccccc4)O[C@@H]3[C@H](n3cc(-c4cc(F)c(F)c(F)c4)nn3)[C@H]2OC/C=C/P(=O)(c2ccccc2)c2ccccc2)n(-c2cc(Cl)ccc2Cl)n1. The summed E-state index contributed by atoms with van der Waals surface area (Å²) in [5.41, 5.74) is 1.16. The van der Waals surface area contributed by atoms with Crippen molar-refractivity contribution in [2.24, 2.45) is 0 Å². The number of benzene rings is 5. The Hall–Kier alpha value is -5.44. The van der Waals surface area contributed by atoms with Crippen molar-refractivity contribution in [3.63, 3.8) is 0 Å². The Morgan fingerprint density at radius 3 is 2.21 bits per heavy atom. The number of hydrogen-bond donors (Lipinski definition) is 0. The first-order valence-corrected chi connectivity index (χ1v) is 22.0. The van der Waals surface area contributed by atoms with Crippen molar-refractivity contribution in [2.45, 2.75) is 43.7 Å². The van der Waals surface area contributed by atoms with Crippen LogP contribution in [-0.2, 0) is 23.5 Å². The van der Waals surface area contributed by atoms with Crippen molar-refractivity contribution >= 4 is 41.0 Å². The Morgan fingerprint density at radius 1 is 0.871 bits per heavy atom. The highest BCUT2D eigenvalue weighted by Gasteiger charge is 2.54. The van der Waals surface area contributed by atoms with Crippen LogP contribution in [0.5, 0.6) is 0 Å². The number of aryl methyl sites for hydroxylation is 1. The zero-order valence-corrected chi connectivity index (χ0v) is 35.1. The van der Waals surface area contributed by atoms with Crippen LogP contribution in [0.25, 0.3) is 16.9 Å². The molecule has 0 amide bonds. The van der Waals surface area contributed by atoms with Crippen molar-refractivity contribution in [1.29, 1.82) is 0 Å². The summed E-state index contributed by atoms with van der Waals surface area (Å²) in [5.74, 6) is -2.05. The van der Waals surface area contributed by atoms with Gasteiger partial charge >= 0.3 is 0 Å². The molecule has 0 aliphatic carbocycles. The molecule has 0 spiro atoms. The van der Waals surface area contributed by atoms with Crippen LogP contribution in [0.2, 0.25) is 10.0 Å². The van der Waals surface area contributed by atoms with Gasteiger partial charge in [-0.3, -0.25) is 0 Å². The van der Waals surface area contributed by atoms with E-state index in [2.05, 4.69) is 15.4 Å². The van der Waals surface area contributed by atoms with Crippen molar-refractivity contribution in [3.8, 4) is 16.9 Å². The van der Waals surface area contributed by atoms with Crippen LogP contribution in [0.3, 0.4) is 0 Å². The van der Waals surface area contributed by atoms with Gasteiger partial charge in [-0.2, -0.15) is 5.10 Å². The first-order valence-electron chi connectivity index (χ1n) is 19.5. The number of hydrogen-bond acceptors (Lipinski definition) is 9. The maximum Gasteiger partial charge on any atom is 0.194 e. The molecule has 0 saturated carbocycles. The van der Waals surface area contributed by atoms with E-state index in [1.165, 1.54) is 15.6 Å². The van der Waals surface area contributed by atoms with Crippen molar-refractivity contribution in [1.82, 2.24) is 29.8 Å². The topological polar surface area (TPSA) is 115 Å². The van der Waals surface area contributed by atoms with Crippen molar-refractivity contribution in [2.75, 3.05) is 13.2 Å². The van der Waals surface area contributed by atoms with Gasteiger partial charge in [0, 0.05) is 26.8 Å². The molecular weight excluding hydrogens is 863 g/mol. The van der Waals surface area contributed by atoms with E-state index in [1.807, 2.05) is 91.0 Å². The van der Waals surface area contributed by atoms with Gasteiger partial charge in [0.2, 0.25) is 0 Å². The van der Waals surface area contributed by atoms with Crippen molar-refractivity contribution < 1.29 is 36.7 Å². The fourth-order valence-electron chi connectivity index (χ4n) is 7.75. The molecule has 11 nitrogen and oxygen atoms in total. The average Bonchev–Trinajstić information content (AvgIpc) is 3.95. The summed E-state index contributed by atoms with van der Waals surface area (Å²) in [7, 11) is -3.31. The molecule has 2 aliphatic rings. The molecule has 0 unspecified atom stereocenters. The second kappa shape index (κ2) is 17.7. The molecule has 6 atom stereocenters. The van der Waals surface area contributed by atoms with E-state index in [0.29, 0.717) is 32.2 Å². The Kier molecular flexibility index (Phi) is 12.0. The van der Waals surface area contributed by atoms with Gasteiger partial charge in [0.15, 0.2) is 36.7 Å². The Balaban J connectivity index is 1.17. The molecule has 2 saturated heterocycles. The molecule has 17 heteroatoms. The summed E-state index contributed by atoms with van der Waals surface area (Å²) >= 11 is 13.2. The molecule has 62 heavy (non-hydrogen) atoms. The summed E-state index contributed by atoms with van der Waals surface area (Å²) in [4.78, 5) is 4.82. The highest BCUT2D eigenvalue weighted by atomic mass is 35.5. The van der Waals surface area contributed by atoms with E-state index in [-0.39, 0.29) is 30.3 Å². The molecule has 2 aliphatic heterocycles. The Labute approximate surface area is 364 Å². The van der Waals surface area contributed by atoms with Crippen LogP contribution in [0.15, 0.2) is 139 Å². The van der Waals surface area contributed by atoms with Crippen LogP contribution >= 0.6 is 30.3 Å². The second-order valence-electron chi connectivity index (χ2n) is 14.6. The summed E-state index contributed by atoms with van der Waals surface area (Å²) in [5, 5.41) is 15.4. The van der Waals surface area contributed by atoms with Crippen LogP contribution < -0.4 is 10.6 Å². The van der Waals surface area contributed by atoms with E-state index >= 15 is 0 Å². The third kappa shape index (κ3) is 8.27. The molecule has 4 heterocycles. The summed E-state index contributed by atoms with van der Waals surface area (Å²) in [6, 6.07) is 33.4. The summed E-state index contributed by atoms with van der Waals surface area (Å²) in [6.45, 7) is 1.68. The molecule has 2 aromatic heterocycles. The summed E-state index contributed by atoms with van der Waals surface area (Å²) in [6.07, 6.45) is -1.37. The standard InChI is InChI=1S/C45H36Cl2F3N6O5P/c1-27-51-44(56(53-27)37-24-30(46)18-19-33(37)47)43-42(58-20-11-21-62(57,31-14-7-3-8-15-31)32-16-9-4-10-17-32)40(41-38(60-43)26-59-45(61-41)28-12-5-2-6-13-28)55-25-36(52-54-55)29-22-34(48)39(50)35(49)23-29/h2-19,21-25,38,40-43,45H,20,26H2,1H3/b21-11+/t38-,40+,41+,42-,43-,45+/m1/s1. The third-order valence-corrected chi connectivity index (χ3v) is 13.9. The molecule has 0 bridgehead atoms. The van der Waals surface area contributed by atoms with Crippen LogP contribution in [0, 0.1) is 24.4 Å². The van der Waals surface area contributed by atoms with Gasteiger partial charge in [0.05, 0.1) is 30.1 Å². The minimum Gasteiger partial charge on any atom is -0.369 e. The lowest BCUT2D eigenvalue weighted by Crippen LogP contribution is -2.57. The third-order valence-electron chi connectivity index (χ3n) is 10.6. The predicted molar refractivity (Wildman–Crippen MR) is 227 cm³/mol. The minimum atomic E-state index is -3.31. The number of ether oxygens (including phenoxy) is 4. The molecule has 7 aromatic rings. The zero-order chi connectivity index (χ0) is 43.0. The lowest BCUT2D eigenvalue weighted by Gasteiger charge is -2.49. The van der Waals surface area contributed by atoms with E-state index in [0.717, 1.165) is 17.7 Å². The van der Waals surface area contributed by atoms with Gasteiger partial charge in [0.25, 0.3) is 0 Å². The smallest absolute Gasteiger partial charge is 0.194 e. The quantitative estimate of drug-likeness (QED) is 0.0926. The molecule has 0 N–H and O–H groups in total. The van der Waals surface area contributed by atoms with Gasteiger partial charge in [0.1, 0.15) is 42.0 Å². The molecular formula is C45H36Cl2F3N6O5P. The van der Waals surface area contributed by atoms with Gasteiger partial charge in [-0.05, 0) is 43.1 Å². The van der Waals surface area contributed by atoms with Gasteiger partial charge in [-0.15, -0.1) is 5.10 Å². The van der Waals surface area contributed by atoms with E-state index in [4.69, 9.17) is 47.1 Å². The van der Waals surface area contributed by atoms with E-state index in [9.17, 15) is 17.7 Å². The zero-order valence-electron chi connectivity index (χ0n) is 32.7. The molecule has 316 valence electrons. The van der Waals surface area contributed by atoms with Crippen LogP contribution in [0.4, 0.5) is 13.2 Å². The number of rotatable bonds is 11. The lowest BCUT2D eigenvalue weighted by molar-refractivity contribution is -0.322. The molecule has 2 fully saturated rings. The lowest BCUT2D eigenvalue weighted by atomic mass is 9.90. The number of halogens is 5. The molecule has 5 aromatic carbocycles. The predicted octanol–water partition coefficient (Wildman–Crippen LogP) is 9.27. The second-order valence-corrected chi connectivity index (χ2v) is 18.1. The fourth-order valence-corrected chi connectivity index (χ4v) is 10.4. The maximum absolute atomic E-state index is 14.9. The first-order chi connectivity index (χ1) is 30.1. The highest BCUT2D eigenvalue weighted by Crippen LogP contribution is 2.47. The van der Waals surface area contributed by atoms with E-state index in [1.54, 1.807) is 37.0 Å². The van der Waals surface area contributed by atoms with Gasteiger partial charge < -0.3 is 23.5 Å². The monoisotopic (exact) mass is 898 g/mol. The average molecular weight is 900 g/mol. The van der Waals surface area contributed by atoms with E-state index < -0.39 is 61.3 Å². The summed E-state index contributed by atoms with van der Waals surface area (Å²) < 4.78 is 87.7. The number of aromatic nitrogens is 6. The van der Waals surface area contributed by atoms with Gasteiger partial charge in [-0.1, -0.05) is 125 Å². The maximum atomic E-state index is 14.9. The minimum absolute atomic E-state index is 0.0455. The van der Waals surface area contributed by atoms with Crippen LogP contribution in [-0.4, -0.2) is 61.3 Å². The largest absolute Gasteiger partial charge is 0.369 e. The first kappa shape index (κ1) is 41.9. The Morgan fingerprint density at radius 2 is 1.53 bits per heavy atom. The molecule has 9 rings (SSSR count). The Bertz CT molecular complexity index is 2720. The molecule has 0 radical (unpaired) electrons.